The summed E-state index contributed by atoms with van der Waals surface area (Å²) < 4.78 is 0. The summed E-state index contributed by atoms with van der Waals surface area (Å²) in [6.07, 6.45) is 3.47. The second kappa shape index (κ2) is 6.45. The summed E-state index contributed by atoms with van der Waals surface area (Å²) in [5.41, 5.74) is 0.626. The summed E-state index contributed by atoms with van der Waals surface area (Å²) in [5.74, 6) is -0.568. The zero-order valence-electron chi connectivity index (χ0n) is 12.4. The third-order valence-corrected chi connectivity index (χ3v) is 4.70. The van der Waals surface area contributed by atoms with Crippen molar-refractivity contribution in [2.24, 2.45) is 0 Å². The van der Waals surface area contributed by atoms with Gasteiger partial charge in [-0.2, -0.15) is 0 Å². The van der Waals surface area contributed by atoms with Crippen molar-refractivity contribution in [2.75, 3.05) is 19.6 Å². The molecule has 2 fully saturated rings. The molecule has 1 N–H and O–H groups in total. The second-order valence-electron chi connectivity index (χ2n) is 5.45. The predicted molar refractivity (Wildman–Crippen MR) is 86.6 cm³/mol. The molecule has 0 bridgehead atoms. The molecule has 2 aliphatic heterocycles. The number of phenolic OH excluding ortho intramolecular Hbond substituents is 1. The Hall–Kier alpha value is -2.28. The van der Waals surface area contributed by atoms with Crippen molar-refractivity contribution in [3.63, 3.8) is 0 Å². The minimum absolute atomic E-state index is 0.0854. The molecular weight excluding hydrogens is 316 g/mol. The maximum Gasteiger partial charge on any atom is 0.294 e. The molecule has 0 unspecified atom stereocenters. The molecule has 0 saturated carbocycles. The van der Waals surface area contributed by atoms with Crippen LogP contribution >= 0.6 is 11.8 Å². The van der Waals surface area contributed by atoms with Gasteiger partial charge in [0.1, 0.15) is 12.3 Å². The maximum absolute atomic E-state index is 12.3. The van der Waals surface area contributed by atoms with Crippen molar-refractivity contribution in [1.29, 1.82) is 0 Å². The first-order valence-electron chi connectivity index (χ1n) is 7.37. The number of nitrogens with zero attached hydrogens (tertiary/aromatic N) is 2. The Balaban J connectivity index is 1.73. The van der Waals surface area contributed by atoms with Crippen LogP contribution in [0.15, 0.2) is 29.2 Å². The van der Waals surface area contributed by atoms with Crippen LogP contribution in [0.5, 0.6) is 5.75 Å². The lowest BCUT2D eigenvalue weighted by Gasteiger charge is -2.18. The van der Waals surface area contributed by atoms with Crippen molar-refractivity contribution >= 4 is 34.9 Å². The van der Waals surface area contributed by atoms with E-state index in [1.807, 2.05) is 0 Å². The van der Waals surface area contributed by atoms with Crippen LogP contribution in [0.25, 0.3) is 6.08 Å². The van der Waals surface area contributed by atoms with Crippen LogP contribution in [0.1, 0.15) is 18.4 Å². The van der Waals surface area contributed by atoms with Gasteiger partial charge in [-0.1, -0.05) is 12.1 Å². The lowest BCUT2D eigenvalue weighted by Crippen LogP contribution is -2.40. The van der Waals surface area contributed by atoms with Crippen LogP contribution in [0.2, 0.25) is 0 Å². The van der Waals surface area contributed by atoms with Crippen molar-refractivity contribution in [2.45, 2.75) is 12.8 Å². The molecule has 3 amide bonds. The minimum atomic E-state index is -0.462. The molecule has 23 heavy (non-hydrogen) atoms. The molecule has 0 aromatic heterocycles. The lowest BCUT2D eigenvalue weighted by atomic mass is 10.2. The Morgan fingerprint density at radius 3 is 2.70 bits per heavy atom. The molecule has 120 valence electrons. The van der Waals surface area contributed by atoms with E-state index in [0.29, 0.717) is 18.7 Å². The summed E-state index contributed by atoms with van der Waals surface area (Å²) in [7, 11) is 0. The molecule has 0 spiro atoms. The highest BCUT2D eigenvalue weighted by Crippen LogP contribution is 2.32. The number of thioether (sulfide) groups is 1. The van der Waals surface area contributed by atoms with E-state index in [2.05, 4.69) is 0 Å². The normalized spacial score (nSPS) is 19.9. The predicted octanol–water partition coefficient (Wildman–Crippen LogP) is 2.05. The lowest BCUT2D eigenvalue weighted by molar-refractivity contribution is -0.135. The quantitative estimate of drug-likeness (QED) is 0.857. The van der Waals surface area contributed by atoms with Crippen LogP contribution in [0.4, 0.5) is 4.79 Å². The fraction of sp³-hybridized carbons (Fsp3) is 0.312. The highest BCUT2D eigenvalue weighted by molar-refractivity contribution is 8.18. The Bertz CT molecular complexity index is 695. The van der Waals surface area contributed by atoms with E-state index in [4.69, 9.17) is 0 Å². The van der Waals surface area contributed by atoms with E-state index >= 15 is 0 Å². The number of phenols is 1. The Morgan fingerprint density at radius 1 is 1.26 bits per heavy atom. The van der Waals surface area contributed by atoms with Crippen molar-refractivity contribution in [3.8, 4) is 5.75 Å². The number of carbonyl (C=O) groups is 3. The van der Waals surface area contributed by atoms with Gasteiger partial charge >= 0.3 is 0 Å². The molecule has 1 aromatic carbocycles. The van der Waals surface area contributed by atoms with Crippen LogP contribution in [0, 0.1) is 0 Å². The average molecular weight is 332 g/mol. The largest absolute Gasteiger partial charge is 0.508 e. The standard InChI is InChI=1S/C16H16N2O4S/c19-12-5-3-4-11(8-12)9-13-15(21)18(16(22)23-13)10-14(20)17-6-1-2-7-17/h3-5,8-9,19H,1-2,6-7,10H2/b13-9-. The van der Waals surface area contributed by atoms with E-state index in [9.17, 15) is 19.5 Å². The van der Waals surface area contributed by atoms with Gasteiger partial charge in [-0.3, -0.25) is 19.3 Å². The van der Waals surface area contributed by atoms with Gasteiger partial charge in [-0.05, 0) is 48.4 Å². The molecule has 0 radical (unpaired) electrons. The van der Waals surface area contributed by atoms with Gasteiger partial charge in [0.2, 0.25) is 5.91 Å². The van der Waals surface area contributed by atoms with Gasteiger partial charge < -0.3 is 10.0 Å². The van der Waals surface area contributed by atoms with Gasteiger partial charge in [0.15, 0.2) is 0 Å². The third kappa shape index (κ3) is 3.39. The number of hydrogen-bond donors (Lipinski definition) is 1. The van der Waals surface area contributed by atoms with Crippen LogP contribution in [-0.4, -0.2) is 51.6 Å². The van der Waals surface area contributed by atoms with E-state index in [-0.39, 0.29) is 23.1 Å². The molecule has 1 aromatic rings. The molecule has 0 atom stereocenters. The topological polar surface area (TPSA) is 77.9 Å². The van der Waals surface area contributed by atoms with Crippen LogP contribution < -0.4 is 0 Å². The summed E-state index contributed by atoms with van der Waals surface area (Å²) in [6, 6.07) is 6.41. The highest BCUT2D eigenvalue weighted by atomic mass is 32.2. The second-order valence-corrected chi connectivity index (χ2v) is 6.44. The van der Waals surface area contributed by atoms with E-state index in [0.717, 1.165) is 29.5 Å². The molecular formula is C16H16N2O4S. The number of imide groups is 1. The number of rotatable bonds is 3. The first kappa shape index (κ1) is 15.6. The number of amides is 3. The smallest absolute Gasteiger partial charge is 0.294 e. The van der Waals surface area contributed by atoms with E-state index < -0.39 is 11.1 Å². The zero-order valence-corrected chi connectivity index (χ0v) is 13.2. The fourth-order valence-corrected chi connectivity index (χ4v) is 3.44. The highest BCUT2D eigenvalue weighted by Gasteiger charge is 2.37. The molecule has 6 nitrogen and oxygen atoms in total. The zero-order chi connectivity index (χ0) is 16.4. The number of benzene rings is 1. The Morgan fingerprint density at radius 2 is 2.00 bits per heavy atom. The van der Waals surface area contributed by atoms with E-state index in [1.165, 1.54) is 12.1 Å². The minimum Gasteiger partial charge on any atom is -0.508 e. The summed E-state index contributed by atoms with van der Waals surface area (Å²) in [4.78, 5) is 39.4. The van der Waals surface area contributed by atoms with Gasteiger partial charge in [0.25, 0.3) is 11.1 Å². The van der Waals surface area contributed by atoms with Crippen molar-refractivity contribution in [3.05, 3.63) is 34.7 Å². The molecule has 7 heteroatoms. The van der Waals surface area contributed by atoms with Gasteiger partial charge in [-0.15, -0.1) is 0 Å². The molecule has 0 aliphatic carbocycles. The van der Waals surface area contributed by atoms with E-state index in [1.54, 1.807) is 23.1 Å². The monoisotopic (exact) mass is 332 g/mol. The number of hydrogen-bond acceptors (Lipinski definition) is 5. The molecule has 2 saturated heterocycles. The van der Waals surface area contributed by atoms with Gasteiger partial charge in [-0.25, -0.2) is 0 Å². The van der Waals surface area contributed by atoms with Crippen molar-refractivity contribution in [1.82, 2.24) is 9.80 Å². The third-order valence-electron chi connectivity index (χ3n) is 3.79. The first-order chi connectivity index (χ1) is 11.0. The summed E-state index contributed by atoms with van der Waals surface area (Å²) >= 11 is 0.813. The van der Waals surface area contributed by atoms with Gasteiger partial charge in [0.05, 0.1) is 4.91 Å². The van der Waals surface area contributed by atoms with Gasteiger partial charge in [0, 0.05) is 13.1 Å². The Labute approximate surface area is 137 Å². The SMILES string of the molecule is O=C(CN1C(=O)S/C(=C\c2cccc(O)c2)C1=O)N1CCCC1. The average Bonchev–Trinajstić information content (AvgIpc) is 3.12. The Kier molecular flexibility index (Phi) is 4.38. The molecule has 2 heterocycles. The van der Waals surface area contributed by atoms with Crippen LogP contribution in [0.3, 0.4) is 0 Å². The number of aromatic hydroxyl groups is 1. The van der Waals surface area contributed by atoms with Crippen molar-refractivity contribution < 1.29 is 19.5 Å². The summed E-state index contributed by atoms with van der Waals surface area (Å²) in [5, 5.41) is 9.01. The maximum atomic E-state index is 12.3. The summed E-state index contributed by atoms with van der Waals surface area (Å²) in [6.45, 7) is 1.17. The number of carbonyl (C=O) groups excluding carboxylic acids is 3. The van der Waals surface area contributed by atoms with Crippen LogP contribution in [-0.2, 0) is 9.59 Å². The fourth-order valence-electron chi connectivity index (χ4n) is 2.60. The first-order valence-corrected chi connectivity index (χ1v) is 8.18. The number of likely N-dealkylation sites (tertiary alicyclic amines) is 1. The molecule has 3 rings (SSSR count). The molecule has 2 aliphatic rings.